The van der Waals surface area contributed by atoms with Gasteiger partial charge in [0.25, 0.3) is 10.0 Å². The molecule has 2 atom stereocenters. The van der Waals surface area contributed by atoms with Crippen molar-refractivity contribution in [1.82, 2.24) is 19.6 Å². The van der Waals surface area contributed by atoms with Crippen LogP contribution in [0.5, 0.6) is 5.75 Å². The van der Waals surface area contributed by atoms with Gasteiger partial charge < -0.3 is 14.6 Å². The van der Waals surface area contributed by atoms with Crippen LogP contribution in [0.1, 0.15) is 22.6 Å². The van der Waals surface area contributed by atoms with E-state index in [1.54, 1.807) is 11.6 Å². The fraction of sp³-hybridized carbons (Fsp3) is 0.318. The van der Waals surface area contributed by atoms with E-state index in [9.17, 15) is 8.42 Å². The van der Waals surface area contributed by atoms with E-state index in [0.29, 0.717) is 6.61 Å². The summed E-state index contributed by atoms with van der Waals surface area (Å²) in [6.07, 6.45) is 3.83. The summed E-state index contributed by atoms with van der Waals surface area (Å²) in [5, 5.41) is 3.38. The molecule has 7 nitrogen and oxygen atoms in total. The van der Waals surface area contributed by atoms with Crippen molar-refractivity contribution < 1.29 is 13.2 Å². The first-order valence-corrected chi connectivity index (χ1v) is 11.4. The molecule has 2 aromatic carbocycles. The number of nitrogens with one attached hydrogen (secondary N) is 2. The Morgan fingerprint density at radius 3 is 2.67 bits per heavy atom. The molecule has 1 aliphatic heterocycles. The summed E-state index contributed by atoms with van der Waals surface area (Å²) in [6.45, 7) is 0.793. The van der Waals surface area contributed by atoms with E-state index >= 15 is 0 Å². The zero-order chi connectivity index (χ0) is 21.1. The van der Waals surface area contributed by atoms with Crippen LogP contribution in [-0.2, 0) is 30.0 Å². The second-order valence-corrected chi connectivity index (χ2v) is 9.29. The number of hydrogen-bond donors (Lipinski definition) is 2. The van der Waals surface area contributed by atoms with Crippen LogP contribution in [0.3, 0.4) is 0 Å². The van der Waals surface area contributed by atoms with Gasteiger partial charge in [-0.1, -0.05) is 42.5 Å². The van der Waals surface area contributed by atoms with Gasteiger partial charge in [-0.25, -0.2) is 18.1 Å². The lowest BCUT2D eigenvalue weighted by Gasteiger charge is -2.34. The third-order valence-corrected chi connectivity index (χ3v) is 6.76. The molecule has 1 aromatic heterocycles. The maximum absolute atomic E-state index is 12.5. The number of imidazole rings is 1. The number of aromatic nitrogens is 2. The molecule has 0 aliphatic carbocycles. The maximum Gasteiger partial charge on any atom is 0.259 e. The van der Waals surface area contributed by atoms with Crippen LogP contribution in [0.15, 0.2) is 66.1 Å². The average molecular weight is 427 g/mol. The highest BCUT2D eigenvalue weighted by atomic mass is 32.2. The molecule has 158 valence electrons. The first-order valence-electron chi connectivity index (χ1n) is 9.91. The summed E-state index contributed by atoms with van der Waals surface area (Å²) in [5.41, 5.74) is 3.24. The van der Waals surface area contributed by atoms with Crippen LogP contribution >= 0.6 is 0 Å². The Morgan fingerprint density at radius 1 is 1.17 bits per heavy atom. The van der Waals surface area contributed by atoms with Crippen molar-refractivity contribution in [3.63, 3.8) is 0 Å². The topological polar surface area (TPSA) is 85.3 Å². The molecule has 0 radical (unpaired) electrons. The summed E-state index contributed by atoms with van der Waals surface area (Å²) in [5.74, 6) is 1.09. The Labute approximate surface area is 177 Å². The predicted molar refractivity (Wildman–Crippen MR) is 115 cm³/mol. The van der Waals surface area contributed by atoms with Crippen molar-refractivity contribution in [3.05, 3.63) is 77.7 Å². The molecule has 0 saturated heterocycles. The van der Waals surface area contributed by atoms with Crippen molar-refractivity contribution in [3.8, 4) is 5.75 Å². The Kier molecular flexibility index (Phi) is 5.90. The van der Waals surface area contributed by atoms with Crippen molar-refractivity contribution in [2.45, 2.75) is 30.0 Å². The summed E-state index contributed by atoms with van der Waals surface area (Å²) in [4.78, 5) is 3.93. The van der Waals surface area contributed by atoms with Crippen molar-refractivity contribution in [1.29, 1.82) is 0 Å². The van der Waals surface area contributed by atoms with Crippen LogP contribution in [0.4, 0.5) is 0 Å². The Bertz CT molecular complexity index is 1110. The lowest BCUT2D eigenvalue weighted by Crippen LogP contribution is -2.41. The predicted octanol–water partition coefficient (Wildman–Crippen LogP) is 2.21. The van der Waals surface area contributed by atoms with E-state index in [1.807, 2.05) is 43.4 Å². The average Bonchev–Trinajstić information content (AvgIpc) is 3.21. The van der Waals surface area contributed by atoms with Gasteiger partial charge in [-0.2, -0.15) is 0 Å². The molecule has 3 aromatic rings. The van der Waals surface area contributed by atoms with Gasteiger partial charge in [-0.3, -0.25) is 0 Å². The lowest BCUT2D eigenvalue weighted by molar-refractivity contribution is 0.218. The van der Waals surface area contributed by atoms with Crippen molar-refractivity contribution in [2.75, 3.05) is 13.7 Å². The number of hydrogen-bond acceptors (Lipinski definition) is 5. The summed E-state index contributed by atoms with van der Waals surface area (Å²) in [6, 6.07) is 16.4. The Hall–Kier alpha value is -2.68. The highest BCUT2D eigenvalue weighted by Crippen LogP contribution is 2.36. The van der Waals surface area contributed by atoms with Gasteiger partial charge in [0.2, 0.25) is 0 Å². The first-order chi connectivity index (χ1) is 14.5. The van der Waals surface area contributed by atoms with Gasteiger partial charge in [0.05, 0.1) is 6.33 Å². The SMILES string of the molecule is CN[C@@H]1COc2ccc(CNS(=O)(=O)c3cn(C)cn3)cc2[C@@H]1Cc1ccccc1. The highest BCUT2D eigenvalue weighted by Gasteiger charge is 2.30. The number of likely N-dealkylation sites (N-methyl/N-ethyl adjacent to an activating group) is 1. The largest absolute Gasteiger partial charge is 0.492 e. The molecule has 0 unspecified atom stereocenters. The molecule has 0 spiro atoms. The molecule has 0 fully saturated rings. The molecular formula is C22H26N4O3S. The smallest absolute Gasteiger partial charge is 0.259 e. The number of aryl methyl sites for hydroxylation is 1. The molecule has 1 aliphatic rings. The second kappa shape index (κ2) is 8.59. The van der Waals surface area contributed by atoms with Crippen molar-refractivity contribution in [2.24, 2.45) is 7.05 Å². The normalized spacial score (nSPS) is 18.6. The number of fused-ring (bicyclic) bond motifs is 1. The summed E-state index contributed by atoms with van der Waals surface area (Å²) < 4.78 is 35.2. The first kappa shape index (κ1) is 20.6. The van der Waals surface area contributed by atoms with Crippen LogP contribution in [0, 0.1) is 0 Å². The van der Waals surface area contributed by atoms with Gasteiger partial charge in [0, 0.05) is 31.7 Å². The minimum atomic E-state index is -3.66. The van der Waals surface area contributed by atoms with E-state index in [1.165, 1.54) is 18.1 Å². The zero-order valence-electron chi connectivity index (χ0n) is 17.1. The molecule has 0 bridgehead atoms. The molecule has 4 rings (SSSR count). The van der Waals surface area contributed by atoms with Gasteiger partial charge in [-0.15, -0.1) is 0 Å². The number of nitrogens with zero attached hydrogens (tertiary/aromatic N) is 2. The summed E-state index contributed by atoms with van der Waals surface area (Å²) in [7, 11) is 0.0210. The molecule has 2 N–H and O–H groups in total. The van der Waals surface area contributed by atoms with Crippen LogP contribution < -0.4 is 14.8 Å². The molecule has 0 amide bonds. The standard InChI is InChI=1S/C22H26N4O3S/c1-23-20-14-29-21-9-8-17(12-25-30(27,28)22-13-26(2)15-24-22)11-19(21)18(20)10-16-6-4-3-5-7-16/h3-9,11,13,15,18,20,23,25H,10,12,14H2,1-2H3/t18-,20+/m0/s1. The van der Waals surface area contributed by atoms with Gasteiger partial charge in [0.15, 0.2) is 5.03 Å². The number of benzene rings is 2. The minimum absolute atomic E-state index is 0.0171. The van der Waals surface area contributed by atoms with Crippen LogP contribution in [-0.4, -0.2) is 37.7 Å². The minimum Gasteiger partial charge on any atom is -0.492 e. The van der Waals surface area contributed by atoms with E-state index in [-0.39, 0.29) is 23.5 Å². The van der Waals surface area contributed by atoms with E-state index in [0.717, 1.165) is 23.3 Å². The van der Waals surface area contributed by atoms with E-state index < -0.39 is 10.0 Å². The zero-order valence-corrected chi connectivity index (χ0v) is 17.9. The highest BCUT2D eigenvalue weighted by molar-refractivity contribution is 7.89. The molecule has 8 heteroatoms. The molecule has 0 saturated carbocycles. The monoisotopic (exact) mass is 426 g/mol. The van der Waals surface area contributed by atoms with Crippen LogP contribution in [0.25, 0.3) is 0 Å². The molecule has 2 heterocycles. The van der Waals surface area contributed by atoms with Gasteiger partial charge in [-0.05, 0) is 36.2 Å². The van der Waals surface area contributed by atoms with E-state index in [4.69, 9.17) is 4.74 Å². The summed E-state index contributed by atoms with van der Waals surface area (Å²) >= 11 is 0. The fourth-order valence-corrected chi connectivity index (χ4v) is 4.82. The van der Waals surface area contributed by atoms with Crippen molar-refractivity contribution >= 4 is 10.0 Å². The third-order valence-electron chi connectivity index (χ3n) is 5.47. The van der Waals surface area contributed by atoms with Gasteiger partial charge in [0.1, 0.15) is 12.4 Å². The molecular weight excluding hydrogens is 400 g/mol. The fourth-order valence-electron chi connectivity index (χ4n) is 3.83. The maximum atomic E-state index is 12.5. The third kappa shape index (κ3) is 4.40. The van der Waals surface area contributed by atoms with Crippen LogP contribution in [0.2, 0.25) is 0 Å². The molecule has 30 heavy (non-hydrogen) atoms. The Morgan fingerprint density at radius 2 is 1.97 bits per heavy atom. The lowest BCUT2D eigenvalue weighted by atomic mass is 9.83. The Balaban J connectivity index is 1.57. The second-order valence-electron chi connectivity index (χ2n) is 7.58. The quantitative estimate of drug-likeness (QED) is 0.605. The van der Waals surface area contributed by atoms with E-state index in [2.05, 4.69) is 27.2 Å². The van der Waals surface area contributed by atoms with Gasteiger partial charge >= 0.3 is 0 Å². The number of sulfonamides is 1. The number of rotatable bonds is 7. The number of ether oxygens (including phenoxy) is 1.